The van der Waals surface area contributed by atoms with Crippen LogP contribution in [0.15, 0.2) is 47.6 Å². The molecule has 10 heteroatoms. The number of amidine groups is 1. The molecule has 31 heavy (non-hydrogen) atoms. The Balaban J connectivity index is 1.59. The fraction of sp³-hybridized carbons (Fsp3) is 0.190. The van der Waals surface area contributed by atoms with Gasteiger partial charge in [0.15, 0.2) is 22.6 Å². The summed E-state index contributed by atoms with van der Waals surface area (Å²) in [6.07, 6.45) is 0.559. The van der Waals surface area contributed by atoms with Crippen LogP contribution >= 0.6 is 34.8 Å². The first-order chi connectivity index (χ1) is 14.9. The summed E-state index contributed by atoms with van der Waals surface area (Å²) in [7, 11) is 0. The molecule has 160 valence electrons. The Hall–Kier alpha value is -2.61. The Morgan fingerprint density at radius 3 is 2.81 bits per heavy atom. The van der Waals surface area contributed by atoms with Crippen molar-refractivity contribution < 1.29 is 14.0 Å². The lowest BCUT2D eigenvalue weighted by Crippen LogP contribution is -2.43. The first-order valence-electron chi connectivity index (χ1n) is 9.27. The maximum absolute atomic E-state index is 14.4. The molecule has 1 aliphatic heterocycles. The van der Waals surface area contributed by atoms with Crippen molar-refractivity contribution in [1.29, 1.82) is 0 Å². The number of hydrogen-bond donors (Lipinski definition) is 1. The van der Waals surface area contributed by atoms with E-state index < -0.39 is 5.82 Å². The monoisotopic (exact) mass is 480 g/mol. The van der Waals surface area contributed by atoms with Gasteiger partial charge in [0.2, 0.25) is 5.88 Å². The van der Waals surface area contributed by atoms with Crippen molar-refractivity contribution in [2.45, 2.75) is 19.4 Å². The van der Waals surface area contributed by atoms with Gasteiger partial charge in [0.05, 0.1) is 11.6 Å². The van der Waals surface area contributed by atoms with E-state index in [0.717, 1.165) is 5.56 Å². The number of nitrogens with one attached hydrogen (secondary N) is 1. The molecule has 3 aromatic rings. The van der Waals surface area contributed by atoms with Crippen LogP contribution in [0.3, 0.4) is 0 Å². The molecule has 4 rings (SSSR count). The van der Waals surface area contributed by atoms with Crippen molar-refractivity contribution in [2.75, 3.05) is 6.61 Å². The van der Waals surface area contributed by atoms with Gasteiger partial charge in [0.25, 0.3) is 0 Å². The average molecular weight is 482 g/mol. The SMILES string of the molecule is Cc1cccc(Oc2nnc(Cl)cc2C2=NOC[C@@H](Cc3ccc(Cl)cc3Cl)N2)c1F. The van der Waals surface area contributed by atoms with Gasteiger partial charge in [-0.05, 0) is 48.7 Å². The third-order valence-electron chi connectivity index (χ3n) is 4.60. The van der Waals surface area contributed by atoms with Gasteiger partial charge in [-0.25, -0.2) is 4.39 Å². The van der Waals surface area contributed by atoms with Crippen molar-refractivity contribution in [3.63, 3.8) is 0 Å². The molecule has 0 saturated carbocycles. The number of oxime groups is 1. The minimum absolute atomic E-state index is 0.0136. The molecule has 0 amide bonds. The minimum atomic E-state index is -0.491. The summed E-state index contributed by atoms with van der Waals surface area (Å²) in [5.74, 6) is -0.106. The number of rotatable bonds is 5. The van der Waals surface area contributed by atoms with E-state index in [1.807, 2.05) is 6.07 Å². The molecule has 0 radical (unpaired) electrons. The molecule has 1 aromatic heterocycles. The van der Waals surface area contributed by atoms with Gasteiger partial charge < -0.3 is 14.9 Å². The molecule has 0 bridgehead atoms. The summed E-state index contributed by atoms with van der Waals surface area (Å²) < 4.78 is 20.1. The lowest BCUT2D eigenvalue weighted by Gasteiger charge is -2.25. The van der Waals surface area contributed by atoms with Crippen molar-refractivity contribution in [1.82, 2.24) is 15.5 Å². The molecule has 2 aromatic carbocycles. The standard InChI is InChI=1S/C21H16Cl3FN4O2/c1-11-3-2-4-17(19(11)25)31-21-15(9-18(24)27-28-21)20-26-14(10-30-29-20)7-12-5-6-13(22)8-16(12)23/h2-6,8-9,14H,7,10H2,1H3,(H,26,29)/t14-/m1/s1. The average Bonchev–Trinajstić information content (AvgIpc) is 2.75. The summed E-state index contributed by atoms with van der Waals surface area (Å²) in [4.78, 5) is 5.41. The van der Waals surface area contributed by atoms with Gasteiger partial charge in [-0.2, -0.15) is 0 Å². The Morgan fingerprint density at radius 2 is 2.00 bits per heavy atom. The minimum Gasteiger partial charge on any atom is -0.434 e. The number of ether oxygens (including phenoxy) is 1. The predicted octanol–water partition coefficient (Wildman–Crippen LogP) is 5.57. The number of aromatic nitrogens is 2. The molecular weight excluding hydrogens is 466 g/mol. The van der Waals surface area contributed by atoms with Crippen LogP contribution in [-0.2, 0) is 11.3 Å². The van der Waals surface area contributed by atoms with Crippen molar-refractivity contribution in [3.8, 4) is 11.6 Å². The van der Waals surface area contributed by atoms with Gasteiger partial charge in [0, 0.05) is 10.0 Å². The molecule has 0 saturated heterocycles. The quantitative estimate of drug-likeness (QED) is 0.516. The zero-order valence-electron chi connectivity index (χ0n) is 16.2. The van der Waals surface area contributed by atoms with Gasteiger partial charge in [-0.15, -0.1) is 10.2 Å². The van der Waals surface area contributed by atoms with E-state index in [2.05, 4.69) is 20.7 Å². The van der Waals surface area contributed by atoms with E-state index in [4.69, 9.17) is 44.4 Å². The smallest absolute Gasteiger partial charge is 0.250 e. The number of aryl methyl sites for hydroxylation is 1. The molecular formula is C21H16Cl3FN4O2. The third kappa shape index (κ3) is 5.01. The first-order valence-corrected chi connectivity index (χ1v) is 10.4. The van der Waals surface area contributed by atoms with Crippen LogP contribution in [-0.4, -0.2) is 28.7 Å². The summed E-state index contributed by atoms with van der Waals surface area (Å²) >= 11 is 18.3. The highest BCUT2D eigenvalue weighted by atomic mass is 35.5. The Kier molecular flexibility index (Phi) is 6.46. The Bertz CT molecular complexity index is 1160. The molecule has 0 fully saturated rings. The van der Waals surface area contributed by atoms with Crippen LogP contribution in [0.25, 0.3) is 0 Å². The number of benzene rings is 2. The van der Waals surface area contributed by atoms with Crippen LogP contribution in [0.5, 0.6) is 11.6 Å². The van der Waals surface area contributed by atoms with Crippen LogP contribution < -0.4 is 10.1 Å². The maximum Gasteiger partial charge on any atom is 0.250 e. The molecule has 0 spiro atoms. The van der Waals surface area contributed by atoms with E-state index in [1.54, 1.807) is 31.2 Å². The lowest BCUT2D eigenvalue weighted by atomic mass is 10.1. The molecule has 0 aliphatic carbocycles. The highest BCUT2D eigenvalue weighted by Crippen LogP contribution is 2.29. The zero-order valence-corrected chi connectivity index (χ0v) is 18.5. The van der Waals surface area contributed by atoms with Gasteiger partial charge in [-0.1, -0.05) is 58.2 Å². The van der Waals surface area contributed by atoms with Gasteiger partial charge >= 0.3 is 0 Å². The maximum atomic E-state index is 14.4. The lowest BCUT2D eigenvalue weighted by molar-refractivity contribution is 0.109. The molecule has 1 atom stereocenters. The second-order valence-corrected chi connectivity index (χ2v) is 8.12. The van der Waals surface area contributed by atoms with Crippen molar-refractivity contribution >= 4 is 40.6 Å². The summed E-state index contributed by atoms with van der Waals surface area (Å²) in [6, 6.07) is 11.5. The molecule has 2 heterocycles. The summed E-state index contributed by atoms with van der Waals surface area (Å²) in [5, 5.41) is 16.4. The molecule has 6 nitrogen and oxygen atoms in total. The molecule has 0 unspecified atom stereocenters. The van der Waals surface area contributed by atoms with E-state index in [9.17, 15) is 4.39 Å². The van der Waals surface area contributed by atoms with Gasteiger partial charge in [-0.3, -0.25) is 0 Å². The number of hydrogen-bond acceptors (Lipinski definition) is 6. The predicted molar refractivity (Wildman–Crippen MR) is 118 cm³/mol. The number of nitrogens with zero attached hydrogens (tertiary/aromatic N) is 3. The Morgan fingerprint density at radius 1 is 1.16 bits per heavy atom. The van der Waals surface area contributed by atoms with Crippen molar-refractivity contribution in [2.24, 2.45) is 5.16 Å². The molecule has 1 N–H and O–H groups in total. The summed E-state index contributed by atoms with van der Waals surface area (Å²) in [5.41, 5.74) is 1.72. The van der Waals surface area contributed by atoms with E-state index in [-0.39, 0.29) is 22.8 Å². The van der Waals surface area contributed by atoms with E-state index >= 15 is 0 Å². The zero-order chi connectivity index (χ0) is 22.0. The Labute approximate surface area is 192 Å². The van der Waals surface area contributed by atoms with Crippen LogP contribution in [0, 0.1) is 12.7 Å². The highest BCUT2D eigenvalue weighted by Gasteiger charge is 2.24. The topological polar surface area (TPSA) is 68.6 Å². The normalized spacial score (nSPS) is 15.6. The van der Waals surface area contributed by atoms with Crippen molar-refractivity contribution in [3.05, 3.63) is 80.2 Å². The number of halogens is 4. The first kappa shape index (κ1) is 21.6. The molecule has 1 aliphatic rings. The fourth-order valence-electron chi connectivity index (χ4n) is 3.05. The van der Waals surface area contributed by atoms with Crippen LogP contribution in [0.2, 0.25) is 15.2 Å². The van der Waals surface area contributed by atoms with Gasteiger partial charge in [0.1, 0.15) is 6.61 Å². The second kappa shape index (κ2) is 9.26. The van der Waals surface area contributed by atoms with E-state index in [1.165, 1.54) is 12.1 Å². The van der Waals surface area contributed by atoms with Crippen LogP contribution in [0.4, 0.5) is 4.39 Å². The summed E-state index contributed by atoms with van der Waals surface area (Å²) in [6.45, 7) is 1.96. The van der Waals surface area contributed by atoms with Crippen LogP contribution in [0.1, 0.15) is 16.7 Å². The third-order valence-corrected chi connectivity index (χ3v) is 5.37. The van der Waals surface area contributed by atoms with E-state index in [0.29, 0.717) is 40.0 Å². The fourth-order valence-corrected chi connectivity index (χ4v) is 3.68. The largest absolute Gasteiger partial charge is 0.434 e. The second-order valence-electron chi connectivity index (χ2n) is 6.89. The highest BCUT2D eigenvalue weighted by molar-refractivity contribution is 6.35.